The quantitative estimate of drug-likeness (QED) is 0.389. The average Bonchev–Trinajstić information content (AvgIpc) is 2.39. The van der Waals surface area contributed by atoms with Gasteiger partial charge in [-0.2, -0.15) is 0 Å². The van der Waals surface area contributed by atoms with Crippen molar-refractivity contribution in [3.8, 4) is 0 Å². The monoisotopic (exact) mass is 271 g/mol. The Bertz CT molecular complexity index is 580. The lowest BCUT2D eigenvalue weighted by Crippen LogP contribution is -2.30. The van der Waals surface area contributed by atoms with E-state index in [1.165, 1.54) is 12.3 Å². The topological polar surface area (TPSA) is 50.9 Å². The summed E-state index contributed by atoms with van der Waals surface area (Å²) in [5, 5.41) is 0. The van der Waals surface area contributed by atoms with E-state index in [0.29, 0.717) is 0 Å². The summed E-state index contributed by atoms with van der Waals surface area (Å²) >= 11 is 0. The van der Waals surface area contributed by atoms with Crippen molar-refractivity contribution in [2.45, 2.75) is 6.04 Å². The molecule has 0 saturated heterocycles. The van der Waals surface area contributed by atoms with E-state index in [4.69, 9.17) is 5.84 Å². The van der Waals surface area contributed by atoms with E-state index in [0.717, 1.165) is 18.3 Å². The summed E-state index contributed by atoms with van der Waals surface area (Å²) in [7, 11) is 0. The van der Waals surface area contributed by atoms with Crippen molar-refractivity contribution in [3.63, 3.8) is 0 Å². The number of rotatable bonds is 3. The third-order valence-electron chi connectivity index (χ3n) is 2.62. The van der Waals surface area contributed by atoms with Gasteiger partial charge in [0.2, 0.25) is 0 Å². The van der Waals surface area contributed by atoms with Gasteiger partial charge in [0.25, 0.3) is 0 Å². The van der Waals surface area contributed by atoms with Gasteiger partial charge >= 0.3 is 0 Å². The zero-order valence-electron chi connectivity index (χ0n) is 9.50. The predicted molar refractivity (Wildman–Crippen MR) is 59.7 cm³/mol. The first-order valence-corrected chi connectivity index (χ1v) is 5.24. The van der Waals surface area contributed by atoms with Crippen LogP contribution < -0.4 is 11.3 Å². The number of hydrogen-bond donors (Lipinski definition) is 2. The lowest BCUT2D eigenvalue weighted by molar-refractivity contribution is 0.442. The lowest BCUT2D eigenvalue weighted by Gasteiger charge is -2.17. The number of pyridine rings is 1. The van der Waals surface area contributed by atoms with Crippen LogP contribution in [0.2, 0.25) is 0 Å². The summed E-state index contributed by atoms with van der Waals surface area (Å²) in [4.78, 5) is 3.55. The normalized spacial score (nSPS) is 12.5. The Labute approximate surface area is 106 Å². The Hall–Kier alpha value is -1.99. The smallest absolute Gasteiger partial charge is 0.194 e. The highest BCUT2D eigenvalue weighted by atomic mass is 19.2. The van der Waals surface area contributed by atoms with Gasteiger partial charge in [0.15, 0.2) is 17.5 Å². The van der Waals surface area contributed by atoms with Gasteiger partial charge < -0.3 is 0 Å². The van der Waals surface area contributed by atoms with Gasteiger partial charge in [-0.15, -0.1) is 0 Å². The highest BCUT2D eigenvalue weighted by molar-refractivity contribution is 5.32. The van der Waals surface area contributed by atoms with Crippen molar-refractivity contribution < 1.29 is 17.6 Å². The van der Waals surface area contributed by atoms with Crippen LogP contribution in [0.4, 0.5) is 17.6 Å². The molecule has 1 heterocycles. The number of nitrogens with two attached hydrogens (primary N) is 1. The molecule has 19 heavy (non-hydrogen) atoms. The van der Waals surface area contributed by atoms with E-state index in [9.17, 15) is 17.6 Å². The van der Waals surface area contributed by atoms with Gasteiger partial charge in [0.1, 0.15) is 5.82 Å². The Balaban J connectivity index is 2.52. The molecule has 1 unspecified atom stereocenters. The molecule has 3 N–H and O–H groups in total. The molecule has 100 valence electrons. The second kappa shape index (κ2) is 5.33. The molecule has 0 aliphatic heterocycles. The van der Waals surface area contributed by atoms with Crippen molar-refractivity contribution in [1.82, 2.24) is 10.4 Å². The molecular weight excluding hydrogens is 262 g/mol. The largest absolute Gasteiger partial charge is 0.271 e. The molecule has 7 heteroatoms. The number of aromatic nitrogens is 1. The molecule has 3 nitrogen and oxygen atoms in total. The Morgan fingerprint density at radius 3 is 2.21 bits per heavy atom. The molecule has 0 saturated carbocycles. The van der Waals surface area contributed by atoms with Crippen LogP contribution in [0.3, 0.4) is 0 Å². The fourth-order valence-electron chi connectivity index (χ4n) is 1.73. The molecule has 0 radical (unpaired) electrons. The third-order valence-corrected chi connectivity index (χ3v) is 2.62. The minimum absolute atomic E-state index is 0.0380. The van der Waals surface area contributed by atoms with E-state index in [1.54, 1.807) is 0 Å². The average molecular weight is 271 g/mol. The molecule has 0 amide bonds. The van der Waals surface area contributed by atoms with E-state index >= 15 is 0 Å². The highest BCUT2D eigenvalue weighted by Crippen LogP contribution is 2.25. The number of benzene rings is 1. The molecule has 1 atom stereocenters. The second-order valence-electron chi connectivity index (χ2n) is 3.80. The number of nitrogens with zero attached hydrogens (tertiary/aromatic N) is 1. The van der Waals surface area contributed by atoms with Crippen molar-refractivity contribution in [2.24, 2.45) is 5.84 Å². The van der Waals surface area contributed by atoms with E-state index in [-0.39, 0.29) is 11.1 Å². The molecule has 1 aromatic carbocycles. The highest BCUT2D eigenvalue weighted by Gasteiger charge is 2.20. The first kappa shape index (κ1) is 13.4. The lowest BCUT2D eigenvalue weighted by atomic mass is 9.99. The van der Waals surface area contributed by atoms with Crippen LogP contribution in [0.25, 0.3) is 0 Å². The fourth-order valence-corrected chi connectivity index (χ4v) is 1.73. The summed E-state index contributed by atoms with van der Waals surface area (Å²) in [5.74, 6) is 0.240. The summed E-state index contributed by atoms with van der Waals surface area (Å²) in [6.45, 7) is 0. The maximum Gasteiger partial charge on any atom is 0.194 e. The van der Waals surface area contributed by atoms with Crippen molar-refractivity contribution >= 4 is 0 Å². The van der Waals surface area contributed by atoms with Crippen LogP contribution in [0.15, 0.2) is 30.6 Å². The number of halogens is 4. The zero-order valence-corrected chi connectivity index (χ0v) is 9.50. The second-order valence-corrected chi connectivity index (χ2v) is 3.80. The molecule has 0 spiro atoms. The van der Waals surface area contributed by atoms with Crippen LogP contribution in [0, 0.1) is 23.3 Å². The van der Waals surface area contributed by atoms with Gasteiger partial charge in [-0.05, 0) is 23.8 Å². The Kier molecular flexibility index (Phi) is 3.77. The first-order chi connectivity index (χ1) is 9.04. The van der Waals surface area contributed by atoms with Crippen LogP contribution >= 0.6 is 0 Å². The van der Waals surface area contributed by atoms with Gasteiger partial charge in [-0.25, -0.2) is 23.0 Å². The van der Waals surface area contributed by atoms with Crippen molar-refractivity contribution in [3.05, 3.63) is 65.0 Å². The van der Waals surface area contributed by atoms with Crippen LogP contribution in [-0.4, -0.2) is 4.98 Å². The van der Waals surface area contributed by atoms with Crippen LogP contribution in [0.5, 0.6) is 0 Å². The molecule has 0 aliphatic rings. The van der Waals surface area contributed by atoms with E-state index < -0.39 is 29.3 Å². The number of hydrogen-bond acceptors (Lipinski definition) is 3. The molecule has 0 aliphatic carbocycles. The molecular formula is C12H9F4N3. The van der Waals surface area contributed by atoms with Crippen LogP contribution in [-0.2, 0) is 0 Å². The standard InChI is InChI=1S/C12H9F4N3/c13-8-3-6(4-9(14)11(8)16)12(19-17)7-1-2-18-5-10(7)15/h1-5,12,19H,17H2. The molecule has 2 aromatic rings. The zero-order chi connectivity index (χ0) is 14.0. The van der Waals surface area contributed by atoms with E-state index in [1.807, 2.05) is 0 Å². The summed E-state index contributed by atoms with van der Waals surface area (Å²) in [5.41, 5.74) is 2.23. The summed E-state index contributed by atoms with van der Waals surface area (Å²) in [6, 6.07) is 1.79. The number of hydrazine groups is 1. The minimum Gasteiger partial charge on any atom is -0.271 e. The fraction of sp³-hybridized carbons (Fsp3) is 0.0833. The SMILES string of the molecule is NNC(c1cc(F)c(F)c(F)c1)c1ccncc1F. The molecule has 0 fully saturated rings. The van der Waals surface area contributed by atoms with E-state index in [2.05, 4.69) is 10.4 Å². The van der Waals surface area contributed by atoms with Gasteiger partial charge in [-0.1, -0.05) is 0 Å². The summed E-state index contributed by atoms with van der Waals surface area (Å²) < 4.78 is 52.8. The Morgan fingerprint density at radius 2 is 1.68 bits per heavy atom. The Morgan fingerprint density at radius 1 is 1.05 bits per heavy atom. The maximum absolute atomic E-state index is 13.6. The first-order valence-electron chi connectivity index (χ1n) is 5.24. The van der Waals surface area contributed by atoms with Crippen LogP contribution in [0.1, 0.15) is 17.2 Å². The van der Waals surface area contributed by atoms with Gasteiger partial charge in [-0.3, -0.25) is 10.8 Å². The number of nitrogens with one attached hydrogen (secondary N) is 1. The predicted octanol–water partition coefficient (Wildman–Crippen LogP) is 2.19. The van der Waals surface area contributed by atoms with Gasteiger partial charge in [0, 0.05) is 11.8 Å². The molecule has 1 aromatic heterocycles. The molecule has 2 rings (SSSR count). The van der Waals surface area contributed by atoms with Crippen molar-refractivity contribution in [1.29, 1.82) is 0 Å². The van der Waals surface area contributed by atoms with Gasteiger partial charge in [0.05, 0.1) is 12.2 Å². The summed E-state index contributed by atoms with van der Waals surface area (Å²) in [6.07, 6.45) is 2.24. The minimum atomic E-state index is -1.59. The van der Waals surface area contributed by atoms with Crippen molar-refractivity contribution in [2.75, 3.05) is 0 Å². The maximum atomic E-state index is 13.6. The molecule has 0 bridgehead atoms. The third kappa shape index (κ3) is 2.56.